The van der Waals surface area contributed by atoms with Crippen LogP contribution < -0.4 is 4.74 Å². The van der Waals surface area contributed by atoms with Crippen molar-refractivity contribution in [2.75, 3.05) is 6.61 Å². The second kappa shape index (κ2) is 6.02. The second-order valence-corrected chi connectivity index (χ2v) is 6.66. The molecule has 3 heteroatoms. The molecule has 2 nitrogen and oxygen atoms in total. The lowest BCUT2D eigenvalue weighted by Crippen LogP contribution is -2.04. The molecule has 1 aromatic heterocycles. The maximum absolute atomic E-state index is 12.8. The van der Waals surface area contributed by atoms with Crippen molar-refractivity contribution < 1.29 is 9.53 Å². The van der Waals surface area contributed by atoms with Gasteiger partial charge in [-0.2, -0.15) is 0 Å². The van der Waals surface area contributed by atoms with Crippen molar-refractivity contribution in [3.8, 4) is 5.75 Å². The summed E-state index contributed by atoms with van der Waals surface area (Å²) in [7, 11) is 0. The number of benzene rings is 1. The molecule has 0 spiro atoms. The van der Waals surface area contributed by atoms with Crippen LogP contribution in [0, 0.1) is 6.92 Å². The fraction of sp³-hybridized carbons (Fsp3) is 0.389. The zero-order valence-corrected chi connectivity index (χ0v) is 13.4. The summed E-state index contributed by atoms with van der Waals surface area (Å²) < 4.78 is 5.62. The summed E-state index contributed by atoms with van der Waals surface area (Å²) in [5.41, 5.74) is 3.15. The molecule has 1 heterocycles. The van der Waals surface area contributed by atoms with E-state index in [0.29, 0.717) is 17.9 Å². The van der Waals surface area contributed by atoms with Crippen molar-refractivity contribution in [3.63, 3.8) is 0 Å². The van der Waals surface area contributed by atoms with Gasteiger partial charge in [0.1, 0.15) is 5.75 Å². The topological polar surface area (TPSA) is 26.3 Å². The van der Waals surface area contributed by atoms with Crippen molar-refractivity contribution in [1.29, 1.82) is 0 Å². The van der Waals surface area contributed by atoms with Crippen LogP contribution in [0.3, 0.4) is 0 Å². The van der Waals surface area contributed by atoms with E-state index in [4.69, 9.17) is 4.74 Å². The van der Waals surface area contributed by atoms with E-state index in [0.717, 1.165) is 23.3 Å². The molecule has 0 aliphatic heterocycles. The highest BCUT2D eigenvalue weighted by Gasteiger charge is 2.20. The van der Waals surface area contributed by atoms with Crippen LogP contribution >= 0.6 is 11.3 Å². The molecule has 3 rings (SSSR count). The first-order valence-corrected chi connectivity index (χ1v) is 8.40. The van der Waals surface area contributed by atoms with E-state index >= 15 is 0 Å². The van der Waals surface area contributed by atoms with E-state index in [-0.39, 0.29) is 5.78 Å². The van der Waals surface area contributed by atoms with Crippen molar-refractivity contribution in [3.05, 3.63) is 50.7 Å². The van der Waals surface area contributed by atoms with Crippen LogP contribution in [0.1, 0.15) is 51.0 Å². The number of aryl methyl sites for hydroxylation is 3. The maximum Gasteiger partial charge on any atom is 0.206 e. The summed E-state index contributed by atoms with van der Waals surface area (Å²) in [6.45, 7) is 4.52. The van der Waals surface area contributed by atoms with Crippen LogP contribution in [0.2, 0.25) is 0 Å². The predicted molar refractivity (Wildman–Crippen MR) is 86.7 cm³/mol. The third kappa shape index (κ3) is 2.88. The second-order valence-electron chi connectivity index (χ2n) is 5.53. The van der Waals surface area contributed by atoms with E-state index in [2.05, 4.69) is 6.07 Å². The average molecular weight is 300 g/mol. The molecular weight excluding hydrogens is 280 g/mol. The third-order valence-electron chi connectivity index (χ3n) is 3.90. The molecule has 0 saturated carbocycles. The highest BCUT2D eigenvalue weighted by atomic mass is 32.1. The third-order valence-corrected chi connectivity index (χ3v) is 5.14. The molecule has 21 heavy (non-hydrogen) atoms. The predicted octanol–water partition coefficient (Wildman–Crippen LogP) is 4.57. The summed E-state index contributed by atoms with van der Waals surface area (Å²) >= 11 is 1.67. The van der Waals surface area contributed by atoms with Gasteiger partial charge in [-0.1, -0.05) is 11.6 Å². The number of thiophene rings is 1. The van der Waals surface area contributed by atoms with Gasteiger partial charge in [0.2, 0.25) is 5.78 Å². The van der Waals surface area contributed by atoms with E-state index in [1.54, 1.807) is 11.3 Å². The normalized spacial score (nSPS) is 13.8. The van der Waals surface area contributed by atoms with Crippen LogP contribution in [0.25, 0.3) is 0 Å². The molecular formula is C18H20O2S. The van der Waals surface area contributed by atoms with Gasteiger partial charge in [0.05, 0.1) is 17.0 Å². The highest BCUT2D eigenvalue weighted by molar-refractivity contribution is 7.14. The number of fused-ring (bicyclic) bond motifs is 1. The number of hydrogen-bond donors (Lipinski definition) is 0. The van der Waals surface area contributed by atoms with Crippen LogP contribution in [0.4, 0.5) is 0 Å². The Morgan fingerprint density at radius 2 is 2.05 bits per heavy atom. The summed E-state index contributed by atoms with van der Waals surface area (Å²) in [6.07, 6.45) is 4.73. The number of ether oxygens (including phenoxy) is 1. The van der Waals surface area contributed by atoms with Crippen LogP contribution in [-0.4, -0.2) is 12.4 Å². The molecule has 0 fully saturated rings. The maximum atomic E-state index is 12.8. The van der Waals surface area contributed by atoms with Gasteiger partial charge in [-0.05, 0) is 63.3 Å². The van der Waals surface area contributed by atoms with Crippen LogP contribution in [0.5, 0.6) is 5.75 Å². The number of carbonyl (C=O) groups is 1. The molecule has 0 atom stereocenters. The smallest absolute Gasteiger partial charge is 0.206 e. The molecule has 2 aromatic rings. The Labute approximate surface area is 129 Å². The molecule has 0 N–H and O–H groups in total. The first kappa shape index (κ1) is 14.3. The molecule has 0 saturated heterocycles. The van der Waals surface area contributed by atoms with E-state index in [9.17, 15) is 4.79 Å². The highest BCUT2D eigenvalue weighted by Crippen LogP contribution is 2.32. The monoisotopic (exact) mass is 300 g/mol. The number of ketones is 1. The summed E-state index contributed by atoms with van der Waals surface area (Å²) in [5.74, 6) is 0.793. The number of hydrogen-bond acceptors (Lipinski definition) is 3. The Morgan fingerprint density at radius 3 is 2.81 bits per heavy atom. The average Bonchev–Trinajstić information content (AvgIpc) is 2.92. The summed E-state index contributed by atoms with van der Waals surface area (Å²) in [6, 6.07) is 7.92. The fourth-order valence-electron chi connectivity index (χ4n) is 2.84. The fourth-order valence-corrected chi connectivity index (χ4v) is 4.05. The van der Waals surface area contributed by atoms with Gasteiger partial charge in [0, 0.05) is 4.88 Å². The van der Waals surface area contributed by atoms with Gasteiger partial charge >= 0.3 is 0 Å². The Balaban J connectivity index is 1.98. The first-order valence-electron chi connectivity index (χ1n) is 7.58. The minimum Gasteiger partial charge on any atom is -0.493 e. The van der Waals surface area contributed by atoms with Gasteiger partial charge in [-0.15, -0.1) is 11.3 Å². The van der Waals surface area contributed by atoms with Crippen LogP contribution in [-0.2, 0) is 12.8 Å². The SMILES string of the molecule is CCOc1ccc(C)cc1C(=O)c1cc2c(s1)CCCC2. The molecule has 0 radical (unpaired) electrons. The van der Waals surface area contributed by atoms with Crippen molar-refractivity contribution in [2.24, 2.45) is 0 Å². The van der Waals surface area contributed by atoms with E-state index in [1.807, 2.05) is 32.0 Å². The van der Waals surface area contributed by atoms with Crippen LogP contribution in [0.15, 0.2) is 24.3 Å². The lowest BCUT2D eigenvalue weighted by Gasteiger charge is -2.09. The lowest BCUT2D eigenvalue weighted by molar-refractivity contribution is 0.103. The van der Waals surface area contributed by atoms with Crippen molar-refractivity contribution in [1.82, 2.24) is 0 Å². The number of rotatable bonds is 4. The largest absolute Gasteiger partial charge is 0.493 e. The van der Waals surface area contributed by atoms with Gasteiger partial charge < -0.3 is 4.74 Å². The minimum absolute atomic E-state index is 0.0987. The van der Waals surface area contributed by atoms with E-state index < -0.39 is 0 Å². The molecule has 0 bridgehead atoms. The molecule has 110 valence electrons. The molecule has 1 aliphatic carbocycles. The van der Waals surface area contributed by atoms with Crippen molar-refractivity contribution in [2.45, 2.75) is 39.5 Å². The zero-order chi connectivity index (χ0) is 14.8. The molecule has 0 amide bonds. The van der Waals surface area contributed by atoms with E-state index in [1.165, 1.54) is 23.3 Å². The number of carbonyl (C=O) groups excluding carboxylic acids is 1. The van der Waals surface area contributed by atoms with Gasteiger partial charge in [0.25, 0.3) is 0 Å². The summed E-state index contributed by atoms with van der Waals surface area (Å²) in [5, 5.41) is 0. The Bertz CT molecular complexity index is 646. The van der Waals surface area contributed by atoms with Gasteiger partial charge in [-0.3, -0.25) is 4.79 Å². The zero-order valence-electron chi connectivity index (χ0n) is 12.6. The molecule has 1 aromatic carbocycles. The van der Waals surface area contributed by atoms with Crippen molar-refractivity contribution >= 4 is 17.1 Å². The molecule has 1 aliphatic rings. The first-order chi connectivity index (χ1) is 10.2. The standard InChI is InChI=1S/C18H20O2S/c1-3-20-15-9-8-12(2)10-14(15)18(19)17-11-13-6-4-5-7-16(13)21-17/h8-11H,3-7H2,1-2H3. The minimum atomic E-state index is 0.0987. The quantitative estimate of drug-likeness (QED) is 0.773. The van der Waals surface area contributed by atoms with Gasteiger partial charge in [-0.25, -0.2) is 0 Å². The Morgan fingerprint density at radius 1 is 1.24 bits per heavy atom. The molecule has 0 unspecified atom stereocenters. The Kier molecular flexibility index (Phi) is 4.11. The van der Waals surface area contributed by atoms with Gasteiger partial charge in [0.15, 0.2) is 0 Å². The summed E-state index contributed by atoms with van der Waals surface area (Å²) in [4.78, 5) is 15.1. The lowest BCUT2D eigenvalue weighted by atomic mass is 9.98. The Hall–Kier alpha value is -1.61.